The fourth-order valence-electron chi connectivity index (χ4n) is 1.97. The van der Waals surface area contributed by atoms with E-state index >= 15 is 0 Å². The lowest BCUT2D eigenvalue weighted by molar-refractivity contribution is 0.0691. The smallest absolute Gasteiger partial charge is 0.355 e. The summed E-state index contributed by atoms with van der Waals surface area (Å²) in [6, 6.07) is 3.25. The first-order chi connectivity index (χ1) is 11.0. The monoisotopic (exact) mass is 336 g/mol. The average molecular weight is 336 g/mol. The largest absolute Gasteiger partial charge is 0.496 e. The summed E-state index contributed by atoms with van der Waals surface area (Å²) in [5, 5.41) is 13.5. The van der Waals surface area contributed by atoms with Crippen LogP contribution in [0.15, 0.2) is 17.5 Å². The fraction of sp³-hybridized carbons (Fsp3) is 0.267. The highest BCUT2D eigenvalue weighted by molar-refractivity contribution is 7.09. The number of nitrogens with one attached hydrogen (secondary N) is 1. The molecule has 2 rings (SSSR count). The number of thiazole rings is 1. The Labute approximate surface area is 136 Å². The first kappa shape index (κ1) is 16.8. The van der Waals surface area contributed by atoms with Gasteiger partial charge in [-0.25, -0.2) is 9.78 Å². The molecular weight excluding hydrogens is 320 g/mol. The van der Waals surface area contributed by atoms with Crippen LogP contribution in [0.4, 0.5) is 0 Å². The van der Waals surface area contributed by atoms with Crippen LogP contribution in [-0.2, 0) is 6.54 Å². The van der Waals surface area contributed by atoms with Gasteiger partial charge in [0.25, 0.3) is 5.91 Å². The molecule has 0 bridgehead atoms. The number of ether oxygens (including phenoxy) is 2. The van der Waals surface area contributed by atoms with Crippen molar-refractivity contribution >= 4 is 23.2 Å². The van der Waals surface area contributed by atoms with Gasteiger partial charge in [0.1, 0.15) is 16.5 Å². The van der Waals surface area contributed by atoms with Gasteiger partial charge in [-0.3, -0.25) is 4.79 Å². The number of methoxy groups -OCH3 is 2. The Bertz CT molecular complexity index is 716. The molecule has 0 spiro atoms. The Morgan fingerprint density at radius 2 is 1.87 bits per heavy atom. The predicted octanol–water partition coefficient (Wildman–Crippen LogP) is 2.10. The number of benzene rings is 1. The molecule has 0 unspecified atom stereocenters. The van der Waals surface area contributed by atoms with Gasteiger partial charge >= 0.3 is 5.97 Å². The maximum absolute atomic E-state index is 12.2. The third kappa shape index (κ3) is 3.78. The summed E-state index contributed by atoms with van der Waals surface area (Å²) < 4.78 is 10.5. The minimum atomic E-state index is -1.09. The van der Waals surface area contributed by atoms with E-state index in [9.17, 15) is 9.59 Å². The number of aromatic nitrogens is 1. The zero-order chi connectivity index (χ0) is 17.0. The maximum atomic E-state index is 12.2. The molecule has 1 aromatic heterocycles. The molecule has 122 valence electrons. The molecule has 1 amide bonds. The van der Waals surface area contributed by atoms with Crippen LogP contribution in [0.1, 0.15) is 31.4 Å². The molecule has 23 heavy (non-hydrogen) atoms. The van der Waals surface area contributed by atoms with Gasteiger partial charge in [-0.1, -0.05) is 0 Å². The molecule has 1 heterocycles. The Hall–Kier alpha value is -2.61. The van der Waals surface area contributed by atoms with Gasteiger partial charge < -0.3 is 19.9 Å². The van der Waals surface area contributed by atoms with E-state index in [0.717, 1.165) is 5.56 Å². The Balaban J connectivity index is 2.12. The van der Waals surface area contributed by atoms with Gasteiger partial charge in [0.15, 0.2) is 5.69 Å². The SMILES string of the molecule is COc1cc(C(=O)NCc2nc(C(=O)O)cs2)cc(OC)c1C. The first-order valence-electron chi connectivity index (χ1n) is 6.64. The van der Waals surface area contributed by atoms with Gasteiger partial charge in [-0.2, -0.15) is 0 Å². The number of carbonyl (C=O) groups is 2. The molecule has 8 heteroatoms. The standard InChI is InChI=1S/C15H16N2O5S/c1-8-11(21-2)4-9(5-12(8)22-3)14(18)16-6-13-17-10(7-23-13)15(19)20/h4-5,7H,6H2,1-3H3,(H,16,18)(H,19,20). The quantitative estimate of drug-likeness (QED) is 0.838. The number of aromatic carboxylic acids is 1. The summed E-state index contributed by atoms with van der Waals surface area (Å²) in [7, 11) is 3.04. The van der Waals surface area contributed by atoms with Gasteiger partial charge in [0.2, 0.25) is 0 Å². The molecule has 2 aromatic rings. The van der Waals surface area contributed by atoms with E-state index in [2.05, 4.69) is 10.3 Å². The van der Waals surface area contributed by atoms with Crippen molar-refractivity contribution in [3.05, 3.63) is 39.3 Å². The maximum Gasteiger partial charge on any atom is 0.355 e. The minimum absolute atomic E-state index is 0.0297. The number of carboxylic acids is 1. The first-order valence-corrected chi connectivity index (χ1v) is 7.52. The van der Waals surface area contributed by atoms with Gasteiger partial charge in [0.05, 0.1) is 20.8 Å². The van der Waals surface area contributed by atoms with E-state index < -0.39 is 5.97 Å². The van der Waals surface area contributed by atoms with Crippen LogP contribution >= 0.6 is 11.3 Å². The van der Waals surface area contributed by atoms with Gasteiger partial charge in [-0.15, -0.1) is 11.3 Å². The molecule has 0 atom stereocenters. The second kappa shape index (κ2) is 7.10. The normalized spacial score (nSPS) is 10.2. The number of hydrogen-bond acceptors (Lipinski definition) is 6. The zero-order valence-electron chi connectivity index (χ0n) is 12.9. The lowest BCUT2D eigenvalue weighted by Crippen LogP contribution is -2.23. The van der Waals surface area contributed by atoms with E-state index in [1.807, 2.05) is 6.92 Å². The highest BCUT2D eigenvalue weighted by Crippen LogP contribution is 2.29. The lowest BCUT2D eigenvalue weighted by Gasteiger charge is -2.12. The van der Waals surface area contributed by atoms with Crippen LogP contribution in [0.2, 0.25) is 0 Å². The number of carboxylic acid groups (broad SMARTS) is 1. The van der Waals surface area contributed by atoms with Crippen LogP contribution in [0.25, 0.3) is 0 Å². The molecule has 0 radical (unpaired) electrons. The number of rotatable bonds is 6. The Morgan fingerprint density at radius 3 is 2.35 bits per heavy atom. The number of hydrogen-bond donors (Lipinski definition) is 2. The predicted molar refractivity (Wildman–Crippen MR) is 84.5 cm³/mol. The van der Waals surface area contributed by atoms with Gasteiger partial charge in [-0.05, 0) is 19.1 Å². The molecule has 0 aliphatic rings. The molecule has 0 aliphatic carbocycles. The molecule has 2 N–H and O–H groups in total. The van der Waals surface area contributed by atoms with Crippen LogP contribution in [0.3, 0.4) is 0 Å². The van der Waals surface area contributed by atoms with E-state index in [0.29, 0.717) is 22.1 Å². The Morgan fingerprint density at radius 1 is 1.26 bits per heavy atom. The van der Waals surface area contributed by atoms with Crippen molar-refractivity contribution in [2.45, 2.75) is 13.5 Å². The summed E-state index contributed by atoms with van der Waals surface area (Å²) in [5.74, 6) is -0.311. The molecule has 0 fully saturated rings. The third-order valence-corrected chi connectivity index (χ3v) is 4.03. The topological polar surface area (TPSA) is 97.8 Å². The highest BCUT2D eigenvalue weighted by Gasteiger charge is 2.14. The van der Waals surface area contributed by atoms with Crippen LogP contribution in [0.5, 0.6) is 11.5 Å². The molecule has 0 saturated carbocycles. The van der Waals surface area contributed by atoms with E-state index in [4.69, 9.17) is 14.6 Å². The van der Waals surface area contributed by atoms with Crippen molar-refractivity contribution in [3.63, 3.8) is 0 Å². The van der Waals surface area contributed by atoms with Gasteiger partial charge in [0, 0.05) is 16.5 Å². The minimum Gasteiger partial charge on any atom is -0.496 e. The van der Waals surface area contributed by atoms with Crippen molar-refractivity contribution in [1.82, 2.24) is 10.3 Å². The average Bonchev–Trinajstić information content (AvgIpc) is 3.02. The second-order valence-corrected chi connectivity index (χ2v) is 5.56. The van der Waals surface area contributed by atoms with Crippen molar-refractivity contribution < 1.29 is 24.2 Å². The van der Waals surface area contributed by atoms with Crippen LogP contribution < -0.4 is 14.8 Å². The Kier molecular flexibility index (Phi) is 5.17. The van der Waals surface area contributed by atoms with Crippen molar-refractivity contribution in [2.24, 2.45) is 0 Å². The van der Waals surface area contributed by atoms with Crippen molar-refractivity contribution in [2.75, 3.05) is 14.2 Å². The third-order valence-electron chi connectivity index (χ3n) is 3.19. The summed E-state index contributed by atoms with van der Waals surface area (Å²) in [4.78, 5) is 26.9. The van der Waals surface area contributed by atoms with Crippen LogP contribution in [-0.4, -0.2) is 36.2 Å². The van der Waals surface area contributed by atoms with E-state index in [1.165, 1.54) is 30.9 Å². The fourth-order valence-corrected chi connectivity index (χ4v) is 2.67. The molecule has 7 nitrogen and oxygen atoms in total. The summed E-state index contributed by atoms with van der Waals surface area (Å²) in [6.45, 7) is 1.98. The number of amides is 1. The van der Waals surface area contributed by atoms with E-state index in [-0.39, 0.29) is 18.1 Å². The van der Waals surface area contributed by atoms with Crippen molar-refractivity contribution in [3.8, 4) is 11.5 Å². The second-order valence-electron chi connectivity index (χ2n) is 4.62. The number of nitrogens with zero attached hydrogens (tertiary/aromatic N) is 1. The molecule has 1 aromatic carbocycles. The number of carbonyl (C=O) groups excluding carboxylic acids is 1. The summed E-state index contributed by atoms with van der Waals surface area (Å²) >= 11 is 1.18. The van der Waals surface area contributed by atoms with Crippen LogP contribution in [0, 0.1) is 6.92 Å². The zero-order valence-corrected chi connectivity index (χ0v) is 13.7. The summed E-state index contributed by atoms with van der Waals surface area (Å²) in [6.07, 6.45) is 0. The van der Waals surface area contributed by atoms with E-state index in [1.54, 1.807) is 12.1 Å². The molecule has 0 aliphatic heterocycles. The summed E-state index contributed by atoms with van der Waals surface area (Å²) in [5.41, 5.74) is 1.16. The lowest BCUT2D eigenvalue weighted by atomic mass is 10.1. The highest BCUT2D eigenvalue weighted by atomic mass is 32.1. The van der Waals surface area contributed by atoms with Crippen molar-refractivity contribution in [1.29, 1.82) is 0 Å². The molecule has 0 saturated heterocycles. The molecular formula is C15H16N2O5S.